The van der Waals surface area contributed by atoms with Crippen molar-refractivity contribution in [2.75, 3.05) is 19.6 Å². The van der Waals surface area contributed by atoms with Crippen LogP contribution in [0.5, 0.6) is 0 Å². The molecule has 0 radical (unpaired) electrons. The van der Waals surface area contributed by atoms with Gasteiger partial charge in [-0.2, -0.15) is 18.2 Å². The molecule has 1 aromatic heterocycles. The lowest BCUT2D eigenvalue weighted by molar-refractivity contribution is -0.137. The molecule has 0 saturated carbocycles. The van der Waals surface area contributed by atoms with Gasteiger partial charge in [-0.3, -0.25) is 4.79 Å². The standard InChI is InChI=1S/C16H17F3N4O2/c1-10-9-23(6-5-20-10)14(24)8-13-21-15(25-22-13)11-3-2-4-12(7-11)16(17,18)19/h2-4,7,10,20H,5-6,8-9H2,1H3/t10-/m1/s1. The molecule has 1 saturated heterocycles. The molecule has 1 aliphatic rings. The van der Waals surface area contributed by atoms with Crippen LogP contribution >= 0.6 is 0 Å². The Bertz CT molecular complexity index is 760. The highest BCUT2D eigenvalue weighted by molar-refractivity contribution is 5.78. The molecule has 9 heteroatoms. The summed E-state index contributed by atoms with van der Waals surface area (Å²) in [6, 6.07) is 4.85. The van der Waals surface area contributed by atoms with Crippen molar-refractivity contribution < 1.29 is 22.5 Å². The largest absolute Gasteiger partial charge is 0.416 e. The summed E-state index contributed by atoms with van der Waals surface area (Å²) in [5.41, 5.74) is -0.632. The molecule has 2 heterocycles. The molecule has 0 aliphatic carbocycles. The van der Waals surface area contributed by atoms with Gasteiger partial charge < -0.3 is 14.7 Å². The second kappa shape index (κ2) is 6.83. The molecule has 1 N–H and O–H groups in total. The van der Waals surface area contributed by atoms with E-state index in [4.69, 9.17) is 4.52 Å². The van der Waals surface area contributed by atoms with Crippen molar-refractivity contribution in [1.82, 2.24) is 20.4 Å². The maximum absolute atomic E-state index is 12.8. The van der Waals surface area contributed by atoms with Crippen molar-refractivity contribution in [3.05, 3.63) is 35.7 Å². The Hall–Kier alpha value is -2.42. The minimum Gasteiger partial charge on any atom is -0.339 e. The Morgan fingerprint density at radius 3 is 2.96 bits per heavy atom. The molecule has 0 bridgehead atoms. The summed E-state index contributed by atoms with van der Waals surface area (Å²) in [4.78, 5) is 18.0. The molecule has 6 nitrogen and oxygen atoms in total. The van der Waals surface area contributed by atoms with Gasteiger partial charge in [0.15, 0.2) is 5.82 Å². The minimum absolute atomic E-state index is 0.0393. The van der Waals surface area contributed by atoms with Gasteiger partial charge in [0.2, 0.25) is 5.91 Å². The van der Waals surface area contributed by atoms with E-state index >= 15 is 0 Å². The number of piperazine rings is 1. The first-order valence-corrected chi connectivity index (χ1v) is 7.84. The highest BCUT2D eigenvalue weighted by Crippen LogP contribution is 2.31. The molecule has 3 rings (SSSR count). The maximum atomic E-state index is 12.8. The Labute approximate surface area is 142 Å². The zero-order valence-corrected chi connectivity index (χ0v) is 13.5. The van der Waals surface area contributed by atoms with E-state index in [0.29, 0.717) is 19.6 Å². The van der Waals surface area contributed by atoms with Crippen molar-refractivity contribution >= 4 is 5.91 Å². The molecule has 1 amide bonds. The normalized spacial score (nSPS) is 18.4. The van der Waals surface area contributed by atoms with Crippen LogP contribution in [-0.2, 0) is 17.4 Å². The van der Waals surface area contributed by atoms with Crippen LogP contribution in [-0.4, -0.2) is 46.6 Å². The van der Waals surface area contributed by atoms with Crippen LogP contribution < -0.4 is 5.32 Å². The van der Waals surface area contributed by atoms with Gasteiger partial charge >= 0.3 is 6.18 Å². The Balaban J connectivity index is 1.71. The molecule has 1 aliphatic heterocycles. The predicted molar refractivity (Wildman–Crippen MR) is 82.5 cm³/mol. The number of carbonyl (C=O) groups excluding carboxylic acids is 1. The predicted octanol–water partition coefficient (Wildman–Crippen LogP) is 2.12. The number of hydrogen-bond acceptors (Lipinski definition) is 5. The number of rotatable bonds is 3. The van der Waals surface area contributed by atoms with Gasteiger partial charge in [-0.05, 0) is 25.1 Å². The third-order valence-electron chi connectivity index (χ3n) is 3.94. The number of amides is 1. The van der Waals surface area contributed by atoms with Crippen LogP contribution in [0.15, 0.2) is 28.8 Å². The number of nitrogens with zero attached hydrogens (tertiary/aromatic N) is 3. The summed E-state index contributed by atoms with van der Waals surface area (Å²) >= 11 is 0. The maximum Gasteiger partial charge on any atom is 0.416 e. The van der Waals surface area contributed by atoms with Crippen molar-refractivity contribution in [2.45, 2.75) is 25.6 Å². The number of carbonyl (C=O) groups is 1. The summed E-state index contributed by atoms with van der Waals surface area (Å²) in [6.45, 7) is 3.90. The lowest BCUT2D eigenvalue weighted by atomic mass is 10.1. The van der Waals surface area contributed by atoms with Crippen LogP contribution in [0.1, 0.15) is 18.3 Å². The zero-order chi connectivity index (χ0) is 18.0. The number of alkyl halides is 3. The molecule has 1 aromatic carbocycles. The van der Waals surface area contributed by atoms with E-state index < -0.39 is 11.7 Å². The van der Waals surface area contributed by atoms with E-state index in [-0.39, 0.29) is 35.6 Å². The molecule has 25 heavy (non-hydrogen) atoms. The second-order valence-electron chi connectivity index (χ2n) is 5.97. The second-order valence-corrected chi connectivity index (χ2v) is 5.97. The van der Waals surface area contributed by atoms with Gasteiger partial charge in [-0.15, -0.1) is 0 Å². The fourth-order valence-electron chi connectivity index (χ4n) is 2.68. The summed E-state index contributed by atoms with van der Waals surface area (Å²) in [5.74, 6) is -0.0177. The summed E-state index contributed by atoms with van der Waals surface area (Å²) in [6.07, 6.45) is -4.50. The molecular weight excluding hydrogens is 337 g/mol. The molecular formula is C16H17F3N4O2. The average molecular weight is 354 g/mol. The van der Waals surface area contributed by atoms with Gasteiger partial charge in [0.25, 0.3) is 5.89 Å². The first-order chi connectivity index (χ1) is 11.8. The minimum atomic E-state index is -4.45. The monoisotopic (exact) mass is 354 g/mol. The Morgan fingerprint density at radius 1 is 1.44 bits per heavy atom. The van der Waals surface area contributed by atoms with E-state index in [9.17, 15) is 18.0 Å². The lowest BCUT2D eigenvalue weighted by Crippen LogP contribution is -2.51. The highest BCUT2D eigenvalue weighted by Gasteiger charge is 2.31. The van der Waals surface area contributed by atoms with Crippen LogP contribution in [0, 0.1) is 0 Å². The fourth-order valence-corrected chi connectivity index (χ4v) is 2.68. The third kappa shape index (κ3) is 4.16. The number of halogens is 3. The first-order valence-electron chi connectivity index (χ1n) is 7.84. The quantitative estimate of drug-likeness (QED) is 0.914. The molecule has 0 spiro atoms. The molecule has 1 atom stereocenters. The van der Waals surface area contributed by atoms with E-state index in [1.807, 2.05) is 6.92 Å². The first kappa shape index (κ1) is 17.4. The SMILES string of the molecule is C[C@@H]1CN(C(=O)Cc2noc(-c3cccc(C(F)(F)F)c3)n2)CCN1. The summed E-state index contributed by atoms with van der Waals surface area (Å²) < 4.78 is 43.3. The van der Waals surface area contributed by atoms with E-state index in [1.54, 1.807) is 4.90 Å². The molecule has 134 valence electrons. The van der Waals surface area contributed by atoms with Gasteiger partial charge in [-0.25, -0.2) is 0 Å². The van der Waals surface area contributed by atoms with E-state index in [2.05, 4.69) is 15.5 Å². The zero-order valence-electron chi connectivity index (χ0n) is 13.5. The smallest absolute Gasteiger partial charge is 0.339 e. The number of nitrogens with one attached hydrogen (secondary N) is 1. The van der Waals surface area contributed by atoms with Crippen molar-refractivity contribution in [3.63, 3.8) is 0 Å². The summed E-state index contributed by atoms with van der Waals surface area (Å²) in [7, 11) is 0. The summed E-state index contributed by atoms with van der Waals surface area (Å²) in [5, 5.41) is 6.95. The van der Waals surface area contributed by atoms with Crippen LogP contribution in [0.4, 0.5) is 13.2 Å². The van der Waals surface area contributed by atoms with Crippen molar-refractivity contribution in [2.24, 2.45) is 0 Å². The molecule has 1 fully saturated rings. The molecule has 2 aromatic rings. The van der Waals surface area contributed by atoms with E-state index in [1.165, 1.54) is 12.1 Å². The Morgan fingerprint density at radius 2 is 2.24 bits per heavy atom. The third-order valence-corrected chi connectivity index (χ3v) is 3.94. The number of aromatic nitrogens is 2. The van der Waals surface area contributed by atoms with Crippen molar-refractivity contribution in [3.8, 4) is 11.5 Å². The van der Waals surface area contributed by atoms with Gasteiger partial charge in [0.05, 0.1) is 12.0 Å². The highest BCUT2D eigenvalue weighted by atomic mass is 19.4. The van der Waals surface area contributed by atoms with Crippen molar-refractivity contribution in [1.29, 1.82) is 0 Å². The van der Waals surface area contributed by atoms with Gasteiger partial charge in [-0.1, -0.05) is 11.2 Å². The Kier molecular flexibility index (Phi) is 4.76. The number of benzene rings is 1. The number of hydrogen-bond donors (Lipinski definition) is 1. The average Bonchev–Trinajstić information content (AvgIpc) is 3.03. The lowest BCUT2D eigenvalue weighted by Gasteiger charge is -2.31. The van der Waals surface area contributed by atoms with Crippen LogP contribution in [0.2, 0.25) is 0 Å². The molecule has 0 unspecified atom stereocenters. The van der Waals surface area contributed by atoms with Crippen LogP contribution in [0.3, 0.4) is 0 Å². The van der Waals surface area contributed by atoms with Gasteiger partial charge in [0, 0.05) is 31.2 Å². The van der Waals surface area contributed by atoms with E-state index in [0.717, 1.165) is 12.1 Å². The topological polar surface area (TPSA) is 71.3 Å². The van der Waals surface area contributed by atoms with Crippen LogP contribution in [0.25, 0.3) is 11.5 Å². The van der Waals surface area contributed by atoms with Gasteiger partial charge in [0.1, 0.15) is 0 Å². The fraction of sp³-hybridized carbons (Fsp3) is 0.438.